The molecule has 0 aliphatic carbocycles. The fourth-order valence-electron chi connectivity index (χ4n) is 2.31. The van der Waals surface area contributed by atoms with Crippen molar-refractivity contribution >= 4 is 33.6 Å². The Labute approximate surface area is 135 Å². The summed E-state index contributed by atoms with van der Waals surface area (Å²) < 4.78 is 1.73. The second-order valence-electron chi connectivity index (χ2n) is 4.82. The lowest BCUT2D eigenvalue weighted by Crippen LogP contribution is -2.01. The van der Waals surface area contributed by atoms with E-state index in [0.29, 0.717) is 28.8 Å². The first kappa shape index (κ1) is 13.6. The summed E-state index contributed by atoms with van der Waals surface area (Å²) >= 11 is 1.49. The molecule has 0 aliphatic heterocycles. The van der Waals surface area contributed by atoms with Gasteiger partial charge in [0.05, 0.1) is 17.4 Å². The smallest absolute Gasteiger partial charge is 0.161 e. The van der Waals surface area contributed by atoms with Crippen LogP contribution in [-0.4, -0.2) is 29.5 Å². The molecular weight excluding hydrogens is 312 g/mol. The molecule has 23 heavy (non-hydrogen) atoms. The molecule has 4 aromatic rings. The van der Waals surface area contributed by atoms with Gasteiger partial charge in [-0.15, -0.1) is 11.3 Å². The number of aryl methyl sites for hydroxylation is 1. The molecule has 0 unspecified atom stereocenters. The summed E-state index contributed by atoms with van der Waals surface area (Å²) in [5.41, 5.74) is 9.72. The lowest BCUT2D eigenvalue weighted by atomic mass is 10.3. The third-order valence-corrected chi connectivity index (χ3v) is 3.86. The standard InChI is InChI=1S/C14H12N8S/c1-8-18-9(5-10(15)19-8)13-14(21-12-6-16-7-23-12)20-11-3-2-4-17-22(11)13/h2-7,21H,1H3,(H2,15,18,19). The van der Waals surface area contributed by atoms with Crippen LogP contribution in [0.25, 0.3) is 17.0 Å². The first-order valence-corrected chi connectivity index (χ1v) is 7.69. The fraction of sp³-hybridized carbons (Fsp3) is 0.0714. The van der Waals surface area contributed by atoms with E-state index >= 15 is 0 Å². The number of aromatic nitrogens is 6. The Bertz CT molecular complexity index is 956. The van der Waals surface area contributed by atoms with Crippen LogP contribution in [0.1, 0.15) is 5.82 Å². The molecule has 3 N–H and O–H groups in total. The van der Waals surface area contributed by atoms with Crippen molar-refractivity contribution in [3.05, 3.63) is 41.9 Å². The molecule has 8 nitrogen and oxygen atoms in total. The number of nitrogens with two attached hydrogens (primary N) is 1. The topological polar surface area (TPSA) is 107 Å². The Balaban J connectivity index is 1.95. The maximum Gasteiger partial charge on any atom is 0.161 e. The normalized spacial score (nSPS) is 11.0. The van der Waals surface area contributed by atoms with Gasteiger partial charge in [0.1, 0.15) is 22.3 Å². The van der Waals surface area contributed by atoms with Crippen molar-refractivity contribution in [2.75, 3.05) is 11.1 Å². The predicted molar refractivity (Wildman–Crippen MR) is 88.6 cm³/mol. The summed E-state index contributed by atoms with van der Waals surface area (Å²) in [4.78, 5) is 17.2. The number of hydrogen-bond donors (Lipinski definition) is 2. The molecule has 0 amide bonds. The van der Waals surface area contributed by atoms with Crippen LogP contribution in [0.2, 0.25) is 0 Å². The van der Waals surface area contributed by atoms with Crippen molar-refractivity contribution in [2.24, 2.45) is 0 Å². The molecule has 4 rings (SSSR count). The number of nitrogens with zero attached hydrogens (tertiary/aromatic N) is 6. The van der Waals surface area contributed by atoms with Gasteiger partial charge in [0, 0.05) is 12.3 Å². The zero-order valence-corrected chi connectivity index (χ0v) is 12.9. The van der Waals surface area contributed by atoms with Gasteiger partial charge in [0.15, 0.2) is 11.5 Å². The van der Waals surface area contributed by atoms with E-state index in [1.165, 1.54) is 11.3 Å². The fourth-order valence-corrected chi connectivity index (χ4v) is 2.82. The largest absolute Gasteiger partial charge is 0.384 e. The molecule has 0 saturated heterocycles. The van der Waals surface area contributed by atoms with Gasteiger partial charge in [-0.05, 0) is 19.1 Å². The summed E-state index contributed by atoms with van der Waals surface area (Å²) in [6.07, 6.45) is 3.44. The Morgan fingerprint density at radius 1 is 1.26 bits per heavy atom. The number of fused-ring (bicyclic) bond motifs is 1. The highest BCUT2D eigenvalue weighted by molar-refractivity contribution is 7.13. The van der Waals surface area contributed by atoms with E-state index in [-0.39, 0.29) is 0 Å². The number of anilines is 3. The molecule has 9 heteroatoms. The van der Waals surface area contributed by atoms with E-state index in [0.717, 1.165) is 10.7 Å². The van der Waals surface area contributed by atoms with Crippen molar-refractivity contribution in [2.45, 2.75) is 6.92 Å². The van der Waals surface area contributed by atoms with Gasteiger partial charge in [-0.2, -0.15) is 5.10 Å². The third kappa shape index (κ3) is 2.46. The number of nitrogens with one attached hydrogen (secondary N) is 1. The van der Waals surface area contributed by atoms with E-state index in [2.05, 4.69) is 30.4 Å². The third-order valence-electron chi connectivity index (χ3n) is 3.17. The van der Waals surface area contributed by atoms with Gasteiger partial charge in [0.2, 0.25) is 0 Å². The quantitative estimate of drug-likeness (QED) is 0.595. The number of hydrogen-bond acceptors (Lipinski definition) is 8. The van der Waals surface area contributed by atoms with Crippen molar-refractivity contribution in [3.63, 3.8) is 0 Å². The molecule has 4 aromatic heterocycles. The van der Waals surface area contributed by atoms with Gasteiger partial charge in [-0.1, -0.05) is 0 Å². The minimum atomic E-state index is 0.405. The monoisotopic (exact) mass is 324 g/mol. The zero-order chi connectivity index (χ0) is 15.8. The van der Waals surface area contributed by atoms with Crippen LogP contribution < -0.4 is 11.1 Å². The molecule has 0 aliphatic rings. The molecular formula is C14H12N8S. The zero-order valence-electron chi connectivity index (χ0n) is 12.1. The van der Waals surface area contributed by atoms with Crippen LogP contribution in [-0.2, 0) is 0 Å². The number of nitrogen functional groups attached to an aromatic ring is 1. The molecule has 4 heterocycles. The summed E-state index contributed by atoms with van der Waals surface area (Å²) in [6.45, 7) is 1.80. The Kier molecular flexibility index (Phi) is 3.12. The van der Waals surface area contributed by atoms with Crippen molar-refractivity contribution < 1.29 is 0 Å². The number of rotatable bonds is 3. The van der Waals surface area contributed by atoms with E-state index < -0.39 is 0 Å². The van der Waals surface area contributed by atoms with E-state index in [9.17, 15) is 0 Å². The average Bonchev–Trinajstić information content (AvgIpc) is 3.13. The van der Waals surface area contributed by atoms with Gasteiger partial charge >= 0.3 is 0 Å². The minimum absolute atomic E-state index is 0.405. The molecule has 114 valence electrons. The summed E-state index contributed by atoms with van der Waals surface area (Å²) in [5, 5.41) is 8.51. The molecule has 0 aromatic carbocycles. The second kappa shape index (κ2) is 5.29. The van der Waals surface area contributed by atoms with Crippen LogP contribution in [0.3, 0.4) is 0 Å². The molecule has 0 radical (unpaired) electrons. The van der Waals surface area contributed by atoms with Crippen molar-refractivity contribution in [3.8, 4) is 11.4 Å². The Morgan fingerprint density at radius 3 is 2.96 bits per heavy atom. The molecule has 0 fully saturated rings. The van der Waals surface area contributed by atoms with Crippen LogP contribution >= 0.6 is 11.3 Å². The summed E-state index contributed by atoms with van der Waals surface area (Å²) in [6, 6.07) is 5.43. The van der Waals surface area contributed by atoms with E-state index in [1.54, 1.807) is 35.4 Å². The van der Waals surface area contributed by atoms with Gasteiger partial charge in [-0.25, -0.2) is 19.5 Å². The SMILES string of the molecule is Cc1nc(N)cc(-c2c(Nc3cncs3)nc3cccnn23)n1. The Hall–Kier alpha value is -3.07. The maximum absolute atomic E-state index is 5.87. The minimum Gasteiger partial charge on any atom is -0.384 e. The average molecular weight is 324 g/mol. The van der Waals surface area contributed by atoms with Crippen LogP contribution in [0.4, 0.5) is 16.6 Å². The van der Waals surface area contributed by atoms with Crippen LogP contribution in [0.5, 0.6) is 0 Å². The lowest BCUT2D eigenvalue weighted by Gasteiger charge is -2.06. The van der Waals surface area contributed by atoms with E-state index in [1.807, 2.05) is 12.1 Å². The van der Waals surface area contributed by atoms with Crippen molar-refractivity contribution in [1.82, 2.24) is 29.5 Å². The molecule has 0 spiro atoms. The van der Waals surface area contributed by atoms with Crippen LogP contribution in [0, 0.1) is 6.92 Å². The van der Waals surface area contributed by atoms with Gasteiger partial charge in [-0.3, -0.25) is 4.98 Å². The van der Waals surface area contributed by atoms with Crippen LogP contribution in [0.15, 0.2) is 36.1 Å². The van der Waals surface area contributed by atoms with Crippen molar-refractivity contribution in [1.29, 1.82) is 0 Å². The van der Waals surface area contributed by atoms with Gasteiger partial charge < -0.3 is 11.1 Å². The summed E-state index contributed by atoms with van der Waals surface area (Å²) in [5.74, 6) is 1.64. The highest BCUT2D eigenvalue weighted by atomic mass is 32.1. The van der Waals surface area contributed by atoms with Gasteiger partial charge in [0.25, 0.3) is 0 Å². The highest BCUT2D eigenvalue weighted by Gasteiger charge is 2.18. The number of thiazole rings is 1. The number of imidazole rings is 1. The Morgan fingerprint density at radius 2 is 2.17 bits per heavy atom. The highest BCUT2D eigenvalue weighted by Crippen LogP contribution is 2.31. The molecule has 0 bridgehead atoms. The van der Waals surface area contributed by atoms with E-state index in [4.69, 9.17) is 5.73 Å². The maximum atomic E-state index is 5.87. The summed E-state index contributed by atoms with van der Waals surface area (Å²) in [7, 11) is 0. The first-order valence-electron chi connectivity index (χ1n) is 6.81. The molecule has 0 atom stereocenters. The predicted octanol–water partition coefficient (Wildman–Crippen LogP) is 2.28. The lowest BCUT2D eigenvalue weighted by molar-refractivity contribution is 0.932. The molecule has 0 saturated carbocycles. The second-order valence-corrected chi connectivity index (χ2v) is 5.70. The first-order chi connectivity index (χ1) is 11.2.